The second kappa shape index (κ2) is 8.55. The van der Waals surface area contributed by atoms with E-state index in [4.69, 9.17) is 26.8 Å². The Balaban J connectivity index is 1.92. The Bertz CT molecular complexity index is 932. The van der Waals surface area contributed by atoms with Gasteiger partial charge in [-0.15, -0.1) is 0 Å². The molecule has 2 heterocycles. The molecule has 1 aromatic heterocycles. The van der Waals surface area contributed by atoms with E-state index >= 15 is 0 Å². The van der Waals surface area contributed by atoms with Crippen molar-refractivity contribution in [3.05, 3.63) is 46.6 Å². The molecule has 7 nitrogen and oxygen atoms in total. The number of anilines is 2. The summed E-state index contributed by atoms with van der Waals surface area (Å²) in [5.41, 5.74) is 8.63. The Labute approximate surface area is 170 Å². The van der Waals surface area contributed by atoms with Crippen LogP contribution in [-0.4, -0.2) is 45.4 Å². The molecule has 9 heteroatoms. The monoisotopic (exact) mass is 425 g/mol. The summed E-state index contributed by atoms with van der Waals surface area (Å²) in [6.45, 7) is 3.84. The first-order valence-electron chi connectivity index (χ1n) is 8.91. The van der Waals surface area contributed by atoms with E-state index in [-0.39, 0.29) is 6.04 Å². The molecule has 1 fully saturated rings. The van der Waals surface area contributed by atoms with Crippen molar-refractivity contribution in [3.63, 3.8) is 0 Å². The van der Waals surface area contributed by atoms with Gasteiger partial charge in [-0.1, -0.05) is 17.7 Å². The van der Waals surface area contributed by atoms with Gasteiger partial charge in [-0.25, -0.2) is 13.4 Å². The van der Waals surface area contributed by atoms with Gasteiger partial charge in [0.1, 0.15) is 11.6 Å². The number of aryl methyl sites for hydroxylation is 1. The number of benzene rings is 1. The average Bonchev–Trinajstić information content (AvgIpc) is 2.84. The van der Waals surface area contributed by atoms with Gasteiger partial charge in [0.25, 0.3) is 0 Å². The first kappa shape index (κ1) is 20.7. The van der Waals surface area contributed by atoms with Gasteiger partial charge < -0.3 is 20.1 Å². The number of pyridine rings is 1. The highest BCUT2D eigenvalue weighted by atomic mass is 35.5. The zero-order valence-electron chi connectivity index (χ0n) is 15.9. The lowest BCUT2D eigenvalue weighted by molar-refractivity contribution is 0.134. The number of ether oxygens (including phenoxy) is 2. The maximum atomic E-state index is 11.3. The van der Waals surface area contributed by atoms with Crippen LogP contribution in [0.2, 0.25) is 5.02 Å². The summed E-state index contributed by atoms with van der Waals surface area (Å²) >= 11 is 6.53. The molecule has 152 valence electrons. The van der Waals surface area contributed by atoms with E-state index in [0.29, 0.717) is 29.8 Å². The summed E-state index contributed by atoms with van der Waals surface area (Å²) in [6, 6.07) is 8.94. The van der Waals surface area contributed by atoms with Gasteiger partial charge in [0.2, 0.25) is 0 Å². The molecule has 2 N–H and O–H groups in total. The van der Waals surface area contributed by atoms with Crippen LogP contribution in [0.25, 0.3) is 0 Å². The molecular formula is C19H24ClN3O4S. The fourth-order valence-corrected chi connectivity index (χ4v) is 3.88. The van der Waals surface area contributed by atoms with Crippen molar-refractivity contribution in [1.29, 1.82) is 0 Å². The second-order valence-electron chi connectivity index (χ2n) is 6.90. The van der Waals surface area contributed by atoms with E-state index in [2.05, 4.69) is 9.88 Å². The summed E-state index contributed by atoms with van der Waals surface area (Å²) in [4.78, 5) is 6.47. The van der Waals surface area contributed by atoms with Crippen molar-refractivity contribution in [2.75, 3.05) is 42.6 Å². The minimum Gasteiger partial charge on any atom is -0.478 e. The van der Waals surface area contributed by atoms with Crippen molar-refractivity contribution in [2.24, 2.45) is 0 Å². The summed E-state index contributed by atoms with van der Waals surface area (Å²) in [6.07, 6.45) is 2.00. The maximum absolute atomic E-state index is 11.3. The smallest absolute Gasteiger partial charge is 0.188 e. The molecule has 0 amide bonds. The summed E-state index contributed by atoms with van der Waals surface area (Å²) in [5, 5.41) is 0.491. The van der Waals surface area contributed by atoms with E-state index in [1.807, 2.05) is 25.1 Å². The second-order valence-corrected chi connectivity index (χ2v) is 9.39. The van der Waals surface area contributed by atoms with Crippen LogP contribution >= 0.6 is 11.6 Å². The molecule has 1 aromatic carbocycles. The molecule has 0 unspecified atom stereocenters. The van der Waals surface area contributed by atoms with Crippen LogP contribution in [0, 0.1) is 6.92 Å². The van der Waals surface area contributed by atoms with Gasteiger partial charge in [-0.2, -0.15) is 0 Å². The molecule has 2 aromatic rings. The number of nitrogens with two attached hydrogens (primary N) is 1. The third kappa shape index (κ3) is 5.27. The molecule has 28 heavy (non-hydrogen) atoms. The van der Waals surface area contributed by atoms with Gasteiger partial charge in [0, 0.05) is 41.9 Å². The zero-order valence-corrected chi connectivity index (χ0v) is 17.5. The first-order valence-corrected chi connectivity index (χ1v) is 11.4. The van der Waals surface area contributed by atoms with Crippen LogP contribution in [-0.2, 0) is 14.6 Å². The summed E-state index contributed by atoms with van der Waals surface area (Å²) in [7, 11) is -3.23. The van der Waals surface area contributed by atoms with Crippen LogP contribution in [0.5, 0.6) is 5.75 Å². The standard InChI is InChI=1S/C19H24ClN3O4S/c1-13-8-14(9-19(21)22-13)23-6-3-7-26-11-18(23)16-5-4-15(10-17(16)20)27-12-28(2,24)25/h4-5,8-10,18H,3,6-7,11-12H2,1-2H3,(H2,21,22)/t18-/m1/s1. The first-order chi connectivity index (χ1) is 13.2. The molecule has 0 saturated carbocycles. The van der Waals surface area contributed by atoms with Crippen LogP contribution < -0.4 is 15.4 Å². The van der Waals surface area contributed by atoms with Crippen LogP contribution in [0.15, 0.2) is 30.3 Å². The van der Waals surface area contributed by atoms with E-state index in [9.17, 15) is 8.42 Å². The molecule has 0 radical (unpaired) electrons. The number of halogens is 1. The van der Waals surface area contributed by atoms with Crippen molar-refractivity contribution in [2.45, 2.75) is 19.4 Å². The quantitative estimate of drug-likeness (QED) is 0.786. The number of rotatable bonds is 5. The van der Waals surface area contributed by atoms with Gasteiger partial charge in [0.05, 0.1) is 12.6 Å². The lowest BCUT2D eigenvalue weighted by Crippen LogP contribution is -2.31. The van der Waals surface area contributed by atoms with Crippen LogP contribution in [0.4, 0.5) is 11.5 Å². The van der Waals surface area contributed by atoms with E-state index in [1.54, 1.807) is 12.1 Å². The Morgan fingerprint density at radius 3 is 2.82 bits per heavy atom. The molecule has 1 aliphatic rings. The van der Waals surface area contributed by atoms with Crippen LogP contribution in [0.1, 0.15) is 23.7 Å². The third-order valence-electron chi connectivity index (χ3n) is 4.40. The zero-order chi connectivity index (χ0) is 20.3. The lowest BCUT2D eigenvalue weighted by atomic mass is 10.0. The molecule has 0 spiro atoms. The summed E-state index contributed by atoms with van der Waals surface area (Å²) < 4.78 is 33.7. The predicted molar refractivity (Wildman–Crippen MR) is 111 cm³/mol. The fraction of sp³-hybridized carbons (Fsp3) is 0.421. The number of sulfone groups is 1. The highest BCUT2D eigenvalue weighted by Gasteiger charge is 2.26. The number of hydrogen-bond donors (Lipinski definition) is 1. The minimum absolute atomic E-state index is 0.111. The molecule has 0 aliphatic carbocycles. The molecule has 1 saturated heterocycles. The number of nitrogens with zero attached hydrogens (tertiary/aromatic N) is 2. The van der Waals surface area contributed by atoms with Gasteiger partial charge in [0.15, 0.2) is 15.8 Å². The lowest BCUT2D eigenvalue weighted by Gasteiger charge is -2.32. The normalized spacial score (nSPS) is 18.0. The highest BCUT2D eigenvalue weighted by Crippen LogP contribution is 2.35. The fourth-order valence-electron chi connectivity index (χ4n) is 3.23. The Morgan fingerprint density at radius 2 is 2.14 bits per heavy atom. The minimum atomic E-state index is -3.23. The van der Waals surface area contributed by atoms with E-state index in [0.717, 1.165) is 36.2 Å². The molecular weight excluding hydrogens is 402 g/mol. The van der Waals surface area contributed by atoms with Gasteiger partial charge in [-0.05, 0) is 37.1 Å². The Morgan fingerprint density at radius 1 is 1.36 bits per heavy atom. The molecule has 3 rings (SSSR count). The van der Waals surface area contributed by atoms with Gasteiger partial charge in [-0.3, -0.25) is 0 Å². The molecule has 0 bridgehead atoms. The van der Waals surface area contributed by atoms with Crippen molar-refractivity contribution >= 4 is 32.9 Å². The molecule has 1 atom stereocenters. The largest absolute Gasteiger partial charge is 0.478 e. The average molecular weight is 426 g/mol. The molecule has 1 aliphatic heterocycles. The van der Waals surface area contributed by atoms with Crippen LogP contribution in [0.3, 0.4) is 0 Å². The van der Waals surface area contributed by atoms with E-state index < -0.39 is 15.8 Å². The maximum Gasteiger partial charge on any atom is 0.188 e. The van der Waals surface area contributed by atoms with Crippen molar-refractivity contribution in [3.8, 4) is 5.75 Å². The Kier molecular flexibility index (Phi) is 6.32. The highest BCUT2D eigenvalue weighted by molar-refractivity contribution is 7.90. The number of nitrogen functional groups attached to an aromatic ring is 1. The number of aromatic nitrogens is 1. The summed E-state index contributed by atoms with van der Waals surface area (Å²) in [5.74, 6) is 0.482. The van der Waals surface area contributed by atoms with Crippen molar-refractivity contribution < 1.29 is 17.9 Å². The van der Waals surface area contributed by atoms with E-state index in [1.165, 1.54) is 0 Å². The Hall–Kier alpha value is -2.03. The van der Waals surface area contributed by atoms with Gasteiger partial charge >= 0.3 is 0 Å². The SMILES string of the molecule is Cc1cc(N2CCCOC[C@@H]2c2ccc(OCS(C)(=O)=O)cc2Cl)cc(N)n1. The topological polar surface area (TPSA) is 94.8 Å². The predicted octanol–water partition coefficient (Wildman–Crippen LogP) is 2.97. The van der Waals surface area contributed by atoms with Crippen molar-refractivity contribution in [1.82, 2.24) is 4.98 Å². The third-order valence-corrected chi connectivity index (χ3v) is 5.27. The number of hydrogen-bond acceptors (Lipinski definition) is 7.